The van der Waals surface area contributed by atoms with Gasteiger partial charge in [-0.15, -0.1) is 0 Å². The highest BCUT2D eigenvalue weighted by Gasteiger charge is 2.18. The molecule has 11 nitrogen and oxygen atoms in total. The molecule has 0 radical (unpaired) electrons. The summed E-state index contributed by atoms with van der Waals surface area (Å²) in [6, 6.07) is 15.0. The van der Waals surface area contributed by atoms with Crippen molar-refractivity contribution in [3.63, 3.8) is 0 Å². The SMILES string of the molecule is Cn1ccnc1-c1cccc(Nc2ncc([N+](=O)[O-])c(Nc3cccc(-c4nccn4C)c3)n2)c1. The number of benzene rings is 2. The largest absolute Gasteiger partial charge is 0.334 e. The number of hydrogen-bond acceptors (Lipinski definition) is 8. The van der Waals surface area contributed by atoms with Crippen LogP contribution < -0.4 is 10.6 Å². The molecule has 174 valence electrons. The molecule has 3 aromatic heterocycles. The maximum absolute atomic E-state index is 11.6. The zero-order valence-corrected chi connectivity index (χ0v) is 19.0. The number of rotatable bonds is 7. The van der Waals surface area contributed by atoms with Crippen LogP contribution in [0.2, 0.25) is 0 Å². The van der Waals surface area contributed by atoms with Gasteiger partial charge in [-0.2, -0.15) is 4.98 Å². The second-order valence-corrected chi connectivity index (χ2v) is 7.82. The lowest BCUT2D eigenvalue weighted by atomic mass is 10.2. The van der Waals surface area contributed by atoms with Crippen molar-refractivity contribution in [2.75, 3.05) is 10.6 Å². The lowest BCUT2D eigenvalue weighted by Gasteiger charge is -2.11. The predicted molar refractivity (Wildman–Crippen MR) is 133 cm³/mol. The van der Waals surface area contributed by atoms with E-state index in [1.54, 1.807) is 12.4 Å². The van der Waals surface area contributed by atoms with E-state index in [0.29, 0.717) is 5.69 Å². The monoisotopic (exact) mass is 467 g/mol. The quantitative estimate of drug-likeness (QED) is 0.261. The molecular weight excluding hydrogens is 446 g/mol. The molecule has 0 atom stereocenters. The van der Waals surface area contributed by atoms with E-state index in [1.165, 1.54) is 6.20 Å². The Morgan fingerprint density at radius 2 is 1.40 bits per heavy atom. The van der Waals surface area contributed by atoms with Gasteiger partial charge in [0.05, 0.1) is 4.92 Å². The maximum Gasteiger partial charge on any atom is 0.329 e. The van der Waals surface area contributed by atoms with Crippen LogP contribution in [0.15, 0.2) is 79.5 Å². The standard InChI is InChI=1S/C24H21N9O2/c1-31-11-9-25-22(31)16-5-3-7-18(13-16)28-21-20(33(34)35)15-27-24(30-21)29-19-8-4-6-17(14-19)23-26-10-12-32(23)2/h3-15H,1-2H3,(H2,27,28,29,30). The van der Waals surface area contributed by atoms with E-state index in [4.69, 9.17) is 0 Å². The van der Waals surface area contributed by atoms with Crippen LogP contribution >= 0.6 is 0 Å². The molecule has 35 heavy (non-hydrogen) atoms. The van der Waals surface area contributed by atoms with Gasteiger partial charge in [0.15, 0.2) is 0 Å². The fraction of sp³-hybridized carbons (Fsp3) is 0.0833. The molecule has 5 rings (SSSR count). The van der Waals surface area contributed by atoms with Crippen molar-refractivity contribution in [1.82, 2.24) is 29.1 Å². The Kier molecular flexibility index (Phi) is 5.63. The van der Waals surface area contributed by atoms with Crippen molar-refractivity contribution in [2.45, 2.75) is 0 Å². The summed E-state index contributed by atoms with van der Waals surface area (Å²) in [7, 11) is 3.82. The third-order valence-corrected chi connectivity index (χ3v) is 5.37. The van der Waals surface area contributed by atoms with Crippen LogP contribution in [0.1, 0.15) is 0 Å². The Bertz CT molecular complexity index is 1520. The number of nitrogens with one attached hydrogen (secondary N) is 2. The van der Waals surface area contributed by atoms with Gasteiger partial charge in [0, 0.05) is 61.4 Å². The highest BCUT2D eigenvalue weighted by molar-refractivity contribution is 5.71. The van der Waals surface area contributed by atoms with Crippen molar-refractivity contribution in [3.8, 4) is 22.8 Å². The average molecular weight is 467 g/mol. The minimum absolute atomic E-state index is 0.0738. The molecule has 0 saturated carbocycles. The smallest absolute Gasteiger partial charge is 0.329 e. The summed E-state index contributed by atoms with van der Waals surface area (Å²) >= 11 is 0. The molecular formula is C24H21N9O2. The lowest BCUT2D eigenvalue weighted by Crippen LogP contribution is -2.05. The first-order valence-corrected chi connectivity index (χ1v) is 10.7. The summed E-state index contributed by atoms with van der Waals surface area (Å²) in [5.74, 6) is 1.88. The van der Waals surface area contributed by atoms with E-state index in [-0.39, 0.29) is 17.5 Å². The highest BCUT2D eigenvalue weighted by Crippen LogP contribution is 2.29. The first-order chi connectivity index (χ1) is 17.0. The molecule has 0 aliphatic rings. The van der Waals surface area contributed by atoms with Crippen molar-refractivity contribution in [2.24, 2.45) is 14.1 Å². The first kappa shape index (κ1) is 21.8. The van der Waals surface area contributed by atoms with Crippen LogP contribution in [-0.2, 0) is 14.1 Å². The number of nitrogens with zero attached hydrogens (tertiary/aromatic N) is 7. The zero-order valence-electron chi connectivity index (χ0n) is 19.0. The Hall–Kier alpha value is -5.06. The van der Waals surface area contributed by atoms with Gasteiger partial charge in [-0.25, -0.2) is 15.0 Å². The van der Waals surface area contributed by atoms with Crippen molar-refractivity contribution < 1.29 is 4.92 Å². The Morgan fingerprint density at radius 1 is 0.829 bits per heavy atom. The van der Waals surface area contributed by atoms with Crippen LogP contribution in [-0.4, -0.2) is 34.0 Å². The number of nitro groups is 1. The number of imidazole rings is 2. The lowest BCUT2D eigenvalue weighted by molar-refractivity contribution is -0.384. The van der Waals surface area contributed by atoms with Crippen molar-refractivity contribution in [1.29, 1.82) is 0 Å². The molecule has 2 aromatic carbocycles. The van der Waals surface area contributed by atoms with Gasteiger partial charge < -0.3 is 19.8 Å². The van der Waals surface area contributed by atoms with Gasteiger partial charge in [0.2, 0.25) is 11.8 Å². The summed E-state index contributed by atoms with van der Waals surface area (Å²) in [6.07, 6.45) is 8.35. The van der Waals surface area contributed by atoms with Gasteiger partial charge in [0.1, 0.15) is 17.8 Å². The van der Waals surface area contributed by atoms with Gasteiger partial charge in [-0.3, -0.25) is 10.1 Å². The Balaban J connectivity index is 1.44. The maximum atomic E-state index is 11.6. The number of aromatic nitrogens is 6. The van der Waals surface area contributed by atoms with Crippen molar-refractivity contribution >= 4 is 28.8 Å². The predicted octanol–water partition coefficient (Wildman–Crippen LogP) is 4.67. The molecule has 3 heterocycles. The van der Waals surface area contributed by atoms with E-state index in [1.807, 2.05) is 84.2 Å². The summed E-state index contributed by atoms with van der Waals surface area (Å²) < 4.78 is 3.82. The van der Waals surface area contributed by atoms with Crippen LogP contribution in [0.25, 0.3) is 22.8 Å². The molecule has 0 amide bonds. The molecule has 5 aromatic rings. The third-order valence-electron chi connectivity index (χ3n) is 5.37. The van der Waals surface area contributed by atoms with Crippen LogP contribution in [0, 0.1) is 10.1 Å². The summed E-state index contributed by atoms with van der Waals surface area (Å²) in [5, 5.41) is 17.8. The second kappa shape index (κ2) is 9.06. The molecule has 0 saturated heterocycles. The molecule has 2 N–H and O–H groups in total. The summed E-state index contributed by atoms with van der Waals surface area (Å²) in [4.78, 5) is 28.4. The number of anilines is 4. The first-order valence-electron chi connectivity index (χ1n) is 10.7. The van der Waals surface area contributed by atoms with Crippen LogP contribution in [0.3, 0.4) is 0 Å². The van der Waals surface area contributed by atoms with Gasteiger partial charge in [-0.1, -0.05) is 24.3 Å². The molecule has 0 bridgehead atoms. The number of aryl methyl sites for hydroxylation is 2. The molecule has 11 heteroatoms. The molecule has 0 fully saturated rings. The van der Waals surface area contributed by atoms with E-state index >= 15 is 0 Å². The van der Waals surface area contributed by atoms with Gasteiger partial charge >= 0.3 is 5.69 Å². The normalized spacial score (nSPS) is 10.8. The zero-order chi connectivity index (χ0) is 24.4. The molecule has 0 spiro atoms. The topological polar surface area (TPSA) is 129 Å². The van der Waals surface area contributed by atoms with Gasteiger partial charge in [0.25, 0.3) is 0 Å². The highest BCUT2D eigenvalue weighted by atomic mass is 16.6. The van der Waals surface area contributed by atoms with E-state index in [9.17, 15) is 10.1 Å². The fourth-order valence-electron chi connectivity index (χ4n) is 3.69. The molecule has 0 aliphatic heterocycles. The fourth-order valence-corrected chi connectivity index (χ4v) is 3.69. The van der Waals surface area contributed by atoms with Crippen LogP contribution in [0.4, 0.5) is 28.8 Å². The van der Waals surface area contributed by atoms with Gasteiger partial charge in [-0.05, 0) is 24.3 Å². The minimum atomic E-state index is -0.517. The molecule has 0 aliphatic carbocycles. The minimum Gasteiger partial charge on any atom is -0.334 e. The van der Waals surface area contributed by atoms with E-state index < -0.39 is 4.92 Å². The number of hydrogen-bond donors (Lipinski definition) is 2. The molecule has 0 unspecified atom stereocenters. The second-order valence-electron chi connectivity index (χ2n) is 7.82. The average Bonchev–Trinajstić information content (AvgIpc) is 3.47. The van der Waals surface area contributed by atoms with Crippen molar-refractivity contribution in [3.05, 3.63) is 89.6 Å². The summed E-state index contributed by atoms with van der Waals surface area (Å²) in [5.41, 5.74) is 2.90. The summed E-state index contributed by atoms with van der Waals surface area (Å²) in [6.45, 7) is 0. The Morgan fingerprint density at radius 3 is 1.91 bits per heavy atom. The Labute approximate surface area is 200 Å². The van der Waals surface area contributed by atoms with E-state index in [0.717, 1.165) is 28.5 Å². The third kappa shape index (κ3) is 4.55. The van der Waals surface area contributed by atoms with Crippen LogP contribution in [0.5, 0.6) is 0 Å². The van der Waals surface area contributed by atoms with E-state index in [2.05, 4.69) is 30.6 Å².